The summed E-state index contributed by atoms with van der Waals surface area (Å²) in [5.74, 6) is 0.278. The normalized spacial score (nSPS) is 16.8. The van der Waals surface area contributed by atoms with Crippen LogP contribution >= 0.6 is 0 Å². The van der Waals surface area contributed by atoms with Gasteiger partial charge in [0.05, 0.1) is 5.69 Å². The van der Waals surface area contributed by atoms with E-state index in [9.17, 15) is 9.59 Å². The number of rotatable bonds is 4. The zero-order chi connectivity index (χ0) is 19.5. The Kier molecular flexibility index (Phi) is 6.23. The van der Waals surface area contributed by atoms with Gasteiger partial charge in [0, 0.05) is 20.1 Å². The maximum absolute atomic E-state index is 13.0. The Balaban J connectivity index is 2.40. The van der Waals surface area contributed by atoms with Gasteiger partial charge in [-0.2, -0.15) is 0 Å². The van der Waals surface area contributed by atoms with Crippen molar-refractivity contribution in [3.8, 4) is 0 Å². The van der Waals surface area contributed by atoms with Crippen LogP contribution in [-0.4, -0.2) is 52.9 Å². The molecule has 1 aromatic rings. The van der Waals surface area contributed by atoms with Crippen LogP contribution in [0.15, 0.2) is 6.08 Å². The average molecular weight is 361 g/mol. The van der Waals surface area contributed by atoms with Crippen LogP contribution in [0.3, 0.4) is 0 Å². The molecule has 2 rings (SSSR count). The Labute approximate surface area is 155 Å². The number of hydrogen-bond donors (Lipinski definition) is 2. The third kappa shape index (κ3) is 4.33. The average Bonchev–Trinajstić information content (AvgIpc) is 2.76. The van der Waals surface area contributed by atoms with Crippen molar-refractivity contribution in [2.45, 2.75) is 53.2 Å². The summed E-state index contributed by atoms with van der Waals surface area (Å²) in [6.45, 7) is 10.2. The van der Waals surface area contributed by atoms with Crippen LogP contribution in [0.5, 0.6) is 0 Å². The van der Waals surface area contributed by atoms with Gasteiger partial charge in [-0.05, 0) is 38.4 Å². The van der Waals surface area contributed by atoms with Gasteiger partial charge in [0.25, 0.3) is 5.91 Å². The highest BCUT2D eigenvalue weighted by Gasteiger charge is 2.34. The van der Waals surface area contributed by atoms with Gasteiger partial charge in [-0.15, -0.1) is 0 Å². The van der Waals surface area contributed by atoms with Crippen molar-refractivity contribution in [2.24, 2.45) is 5.41 Å². The molecule has 0 fully saturated rings. The number of aromatic nitrogens is 2. The van der Waals surface area contributed by atoms with E-state index >= 15 is 0 Å². The number of nitrogens with one attached hydrogen (secondary N) is 2. The Bertz CT molecular complexity index is 700. The van der Waals surface area contributed by atoms with Crippen molar-refractivity contribution < 1.29 is 9.59 Å². The smallest absolute Gasteiger partial charge is 0.272 e. The number of fused-ring (bicyclic) bond motifs is 1. The number of carbonyl (C=O) groups is 2. The van der Waals surface area contributed by atoms with E-state index in [0.717, 1.165) is 31.0 Å². The van der Waals surface area contributed by atoms with Crippen LogP contribution in [0.2, 0.25) is 0 Å². The van der Waals surface area contributed by atoms with Gasteiger partial charge in [-0.25, -0.2) is 4.98 Å². The Hall–Kier alpha value is -2.15. The molecule has 26 heavy (non-hydrogen) atoms. The molecule has 2 N–H and O–H groups in total. The zero-order valence-corrected chi connectivity index (χ0v) is 16.7. The monoisotopic (exact) mass is 361 g/mol. The van der Waals surface area contributed by atoms with Crippen molar-refractivity contribution in [3.63, 3.8) is 0 Å². The first-order valence-electron chi connectivity index (χ1n) is 9.12. The molecular weight excluding hydrogens is 330 g/mol. The summed E-state index contributed by atoms with van der Waals surface area (Å²) in [7, 11) is 3.62. The maximum Gasteiger partial charge on any atom is 0.272 e. The molecule has 0 saturated carbocycles. The van der Waals surface area contributed by atoms with Crippen LogP contribution in [0.25, 0.3) is 6.08 Å². The molecule has 0 aromatic carbocycles. The number of carbonyl (C=O) groups excluding carboxylic acids is 2. The molecule has 0 bridgehead atoms. The predicted octanol–water partition coefficient (Wildman–Crippen LogP) is 1.64. The van der Waals surface area contributed by atoms with Gasteiger partial charge in [-0.3, -0.25) is 9.59 Å². The molecule has 0 radical (unpaired) electrons. The first-order valence-corrected chi connectivity index (χ1v) is 9.12. The van der Waals surface area contributed by atoms with Crippen LogP contribution < -0.4 is 10.6 Å². The highest BCUT2D eigenvalue weighted by molar-refractivity contribution is 5.97. The Morgan fingerprint density at radius 2 is 1.96 bits per heavy atom. The molecule has 7 heteroatoms. The Morgan fingerprint density at radius 3 is 2.54 bits per heavy atom. The molecule has 0 aliphatic carbocycles. The number of hydrogen-bond acceptors (Lipinski definition) is 4. The second-order valence-electron chi connectivity index (χ2n) is 7.90. The minimum atomic E-state index is -0.633. The van der Waals surface area contributed by atoms with E-state index in [2.05, 4.69) is 25.1 Å². The van der Waals surface area contributed by atoms with E-state index in [-0.39, 0.29) is 11.8 Å². The molecule has 0 saturated heterocycles. The highest BCUT2D eigenvalue weighted by Crippen LogP contribution is 2.22. The summed E-state index contributed by atoms with van der Waals surface area (Å²) in [6, 6.07) is -0.633. The van der Waals surface area contributed by atoms with Gasteiger partial charge < -0.3 is 20.1 Å². The molecule has 1 aromatic heterocycles. The summed E-state index contributed by atoms with van der Waals surface area (Å²) >= 11 is 0. The summed E-state index contributed by atoms with van der Waals surface area (Å²) in [5, 5.41) is 5.53. The fourth-order valence-corrected chi connectivity index (χ4v) is 3.23. The van der Waals surface area contributed by atoms with Crippen molar-refractivity contribution in [1.82, 2.24) is 25.1 Å². The lowest BCUT2D eigenvalue weighted by atomic mass is 9.86. The number of amides is 2. The van der Waals surface area contributed by atoms with Gasteiger partial charge in [0.15, 0.2) is 5.69 Å². The lowest BCUT2D eigenvalue weighted by molar-refractivity contribution is -0.124. The second-order valence-corrected chi connectivity index (χ2v) is 7.90. The highest BCUT2D eigenvalue weighted by atomic mass is 16.2. The van der Waals surface area contributed by atoms with Crippen LogP contribution in [0.4, 0.5) is 0 Å². The molecule has 7 nitrogen and oxygen atoms in total. The molecule has 1 aliphatic heterocycles. The van der Waals surface area contributed by atoms with E-state index in [1.54, 1.807) is 7.05 Å². The number of imidazole rings is 1. The van der Waals surface area contributed by atoms with Crippen LogP contribution in [-0.2, 0) is 17.9 Å². The molecule has 1 aliphatic rings. The summed E-state index contributed by atoms with van der Waals surface area (Å²) in [5.41, 5.74) is 0.903. The quantitative estimate of drug-likeness (QED) is 0.854. The number of nitrogens with zero attached hydrogens (tertiary/aromatic N) is 3. The van der Waals surface area contributed by atoms with E-state index in [1.165, 1.54) is 0 Å². The summed E-state index contributed by atoms with van der Waals surface area (Å²) in [4.78, 5) is 32.1. The number of likely N-dealkylation sites (N-methyl/N-ethyl adjacent to an activating group) is 1. The van der Waals surface area contributed by atoms with E-state index in [0.29, 0.717) is 12.2 Å². The van der Waals surface area contributed by atoms with Gasteiger partial charge in [0.2, 0.25) is 5.91 Å². The van der Waals surface area contributed by atoms with Gasteiger partial charge >= 0.3 is 0 Å². The topological polar surface area (TPSA) is 79.3 Å². The second kappa shape index (κ2) is 8.03. The lowest BCUT2D eigenvalue weighted by Gasteiger charge is -2.29. The van der Waals surface area contributed by atoms with Crippen molar-refractivity contribution in [3.05, 3.63) is 23.3 Å². The fraction of sp³-hybridized carbons (Fsp3) is 0.632. The first kappa shape index (κ1) is 20.2. The third-order valence-corrected chi connectivity index (χ3v) is 4.62. The minimum absolute atomic E-state index is 0.207. The molecule has 2 amide bonds. The number of allylic oxidation sites excluding steroid dienone is 1. The van der Waals surface area contributed by atoms with Crippen molar-refractivity contribution in [2.75, 3.05) is 20.6 Å². The van der Waals surface area contributed by atoms with Gasteiger partial charge in [0.1, 0.15) is 11.9 Å². The molecule has 0 unspecified atom stereocenters. The molecule has 0 spiro atoms. The zero-order valence-electron chi connectivity index (χ0n) is 16.7. The van der Waals surface area contributed by atoms with Gasteiger partial charge in [-0.1, -0.05) is 26.8 Å². The van der Waals surface area contributed by atoms with Crippen molar-refractivity contribution in [1.29, 1.82) is 0 Å². The van der Waals surface area contributed by atoms with E-state index < -0.39 is 11.5 Å². The SMILES string of the molecule is C/C=C/c1nc(C(=O)N[C@H](C(=O)NC)C(C)(C)C)c2n1CCCN(C)C2. The standard InChI is InChI=1S/C19H31N5O2/c1-7-9-14-21-15(13-12-23(6)10-8-11-24(13)14)17(25)22-16(18(26)20-5)19(2,3)4/h7,9,16H,8,10-12H2,1-6H3,(H,20,26)(H,22,25)/b9-7+/t16-/m1/s1. The molecule has 144 valence electrons. The van der Waals surface area contributed by atoms with Crippen molar-refractivity contribution >= 4 is 17.9 Å². The molecule has 1 atom stereocenters. The fourth-order valence-electron chi connectivity index (χ4n) is 3.23. The van der Waals surface area contributed by atoms with Crippen LogP contribution in [0.1, 0.15) is 56.1 Å². The summed E-state index contributed by atoms with van der Waals surface area (Å²) < 4.78 is 2.12. The van der Waals surface area contributed by atoms with Crippen LogP contribution in [0, 0.1) is 5.41 Å². The summed E-state index contributed by atoms with van der Waals surface area (Å²) in [6.07, 6.45) is 4.86. The predicted molar refractivity (Wildman–Crippen MR) is 103 cm³/mol. The molecule has 2 heterocycles. The molecular formula is C19H31N5O2. The first-order chi connectivity index (χ1) is 12.2. The third-order valence-electron chi connectivity index (χ3n) is 4.62. The minimum Gasteiger partial charge on any atom is -0.357 e. The maximum atomic E-state index is 13.0. The Morgan fingerprint density at radius 1 is 1.27 bits per heavy atom. The largest absolute Gasteiger partial charge is 0.357 e. The van der Waals surface area contributed by atoms with E-state index in [4.69, 9.17) is 0 Å². The van der Waals surface area contributed by atoms with E-state index in [1.807, 2.05) is 46.9 Å². The lowest BCUT2D eigenvalue weighted by Crippen LogP contribution is -2.53.